The first-order valence-corrected chi connectivity index (χ1v) is 6.95. The lowest BCUT2D eigenvalue weighted by Gasteiger charge is -2.34. The van der Waals surface area contributed by atoms with Crippen molar-refractivity contribution < 1.29 is 9.84 Å². The lowest BCUT2D eigenvalue weighted by molar-refractivity contribution is -0.0261. The van der Waals surface area contributed by atoms with E-state index in [-0.39, 0.29) is 12.1 Å². The summed E-state index contributed by atoms with van der Waals surface area (Å²) in [7, 11) is 0. The van der Waals surface area contributed by atoms with Crippen molar-refractivity contribution in [1.29, 1.82) is 0 Å². The van der Waals surface area contributed by atoms with E-state index in [4.69, 9.17) is 4.74 Å². The summed E-state index contributed by atoms with van der Waals surface area (Å²) in [5, 5.41) is 12.8. The van der Waals surface area contributed by atoms with Crippen molar-refractivity contribution in [2.24, 2.45) is 5.92 Å². The Kier molecular flexibility index (Phi) is 5.90. The molecule has 1 aliphatic carbocycles. The van der Waals surface area contributed by atoms with Crippen molar-refractivity contribution in [2.75, 3.05) is 13.2 Å². The molecule has 17 heavy (non-hydrogen) atoms. The van der Waals surface area contributed by atoms with Gasteiger partial charge in [-0.3, -0.25) is 0 Å². The molecule has 2 N–H and O–H groups in total. The predicted molar refractivity (Wildman–Crippen MR) is 71.1 cm³/mol. The minimum Gasteiger partial charge on any atom is -0.394 e. The van der Waals surface area contributed by atoms with E-state index in [0.717, 1.165) is 5.92 Å². The van der Waals surface area contributed by atoms with Crippen LogP contribution in [-0.4, -0.2) is 36.0 Å². The fourth-order valence-electron chi connectivity index (χ4n) is 2.53. The Morgan fingerprint density at radius 1 is 1.29 bits per heavy atom. The second kappa shape index (κ2) is 6.72. The number of ether oxygens (including phenoxy) is 1. The first-order chi connectivity index (χ1) is 7.95. The maximum atomic E-state index is 9.46. The van der Waals surface area contributed by atoms with E-state index in [0.29, 0.717) is 18.8 Å². The van der Waals surface area contributed by atoms with Gasteiger partial charge in [0, 0.05) is 6.04 Å². The monoisotopic (exact) mass is 243 g/mol. The van der Waals surface area contributed by atoms with E-state index in [9.17, 15) is 5.11 Å². The van der Waals surface area contributed by atoms with Gasteiger partial charge in [-0.1, -0.05) is 20.8 Å². The van der Waals surface area contributed by atoms with Crippen LogP contribution < -0.4 is 5.32 Å². The Morgan fingerprint density at radius 2 is 1.88 bits per heavy atom. The smallest absolute Gasteiger partial charge is 0.0671 e. The zero-order valence-electron chi connectivity index (χ0n) is 11.8. The molecule has 1 atom stereocenters. The second-order valence-electron chi connectivity index (χ2n) is 6.21. The number of hydrogen-bond donors (Lipinski definition) is 2. The summed E-state index contributed by atoms with van der Waals surface area (Å²) in [6.45, 7) is 9.24. The van der Waals surface area contributed by atoms with Crippen molar-refractivity contribution in [3.8, 4) is 0 Å². The predicted octanol–water partition coefficient (Wildman–Crippen LogP) is 2.33. The van der Waals surface area contributed by atoms with E-state index in [2.05, 4.69) is 26.1 Å². The summed E-state index contributed by atoms with van der Waals surface area (Å²) < 4.78 is 5.97. The van der Waals surface area contributed by atoms with Gasteiger partial charge in [0.05, 0.1) is 24.9 Å². The minimum absolute atomic E-state index is 0.119. The summed E-state index contributed by atoms with van der Waals surface area (Å²) in [4.78, 5) is 0. The number of hydrogen-bond acceptors (Lipinski definition) is 3. The summed E-state index contributed by atoms with van der Waals surface area (Å²) in [5.41, 5.74) is -0.308. The van der Waals surface area contributed by atoms with Crippen LogP contribution in [0.2, 0.25) is 0 Å². The Morgan fingerprint density at radius 3 is 2.35 bits per heavy atom. The van der Waals surface area contributed by atoms with Crippen LogP contribution in [0.25, 0.3) is 0 Å². The molecule has 3 heteroatoms. The zero-order valence-corrected chi connectivity index (χ0v) is 11.8. The molecular weight excluding hydrogens is 214 g/mol. The maximum Gasteiger partial charge on any atom is 0.0671 e. The van der Waals surface area contributed by atoms with Gasteiger partial charge in [-0.05, 0) is 38.5 Å². The quantitative estimate of drug-likeness (QED) is 0.752. The Labute approximate surface area is 106 Å². The van der Waals surface area contributed by atoms with E-state index >= 15 is 0 Å². The number of nitrogens with one attached hydrogen (secondary N) is 1. The van der Waals surface area contributed by atoms with E-state index in [1.54, 1.807) is 0 Å². The van der Waals surface area contributed by atoms with Crippen molar-refractivity contribution >= 4 is 0 Å². The molecule has 1 aliphatic rings. The fraction of sp³-hybridized carbons (Fsp3) is 1.00. The molecule has 0 aromatic rings. The largest absolute Gasteiger partial charge is 0.394 e. The average Bonchev–Trinajstić information content (AvgIpc) is 2.27. The second-order valence-corrected chi connectivity index (χ2v) is 6.21. The molecule has 0 aliphatic heterocycles. The molecular formula is C14H29NO2. The number of aliphatic hydroxyl groups is 1. The number of aliphatic hydroxyl groups excluding tert-OH is 1. The molecule has 0 heterocycles. The van der Waals surface area contributed by atoms with Crippen LogP contribution in [0.1, 0.15) is 53.4 Å². The van der Waals surface area contributed by atoms with Crippen molar-refractivity contribution in [3.05, 3.63) is 0 Å². The third kappa shape index (κ3) is 5.36. The lowest BCUT2D eigenvalue weighted by Crippen LogP contribution is -2.53. The van der Waals surface area contributed by atoms with Gasteiger partial charge in [0.1, 0.15) is 0 Å². The highest BCUT2D eigenvalue weighted by atomic mass is 16.5. The molecule has 0 spiro atoms. The van der Waals surface area contributed by atoms with Gasteiger partial charge < -0.3 is 15.2 Å². The molecule has 1 rings (SSSR count). The Bertz CT molecular complexity index is 212. The van der Waals surface area contributed by atoms with Gasteiger partial charge in [-0.25, -0.2) is 0 Å². The molecule has 0 aromatic heterocycles. The average molecular weight is 243 g/mol. The van der Waals surface area contributed by atoms with E-state index < -0.39 is 0 Å². The van der Waals surface area contributed by atoms with Crippen LogP contribution in [0.15, 0.2) is 0 Å². The van der Waals surface area contributed by atoms with Crippen molar-refractivity contribution in [3.63, 3.8) is 0 Å². The van der Waals surface area contributed by atoms with Crippen LogP contribution in [0, 0.1) is 5.92 Å². The van der Waals surface area contributed by atoms with Crippen LogP contribution in [0.4, 0.5) is 0 Å². The first kappa shape index (κ1) is 14.9. The molecule has 1 saturated carbocycles. The van der Waals surface area contributed by atoms with Gasteiger partial charge in [0.25, 0.3) is 0 Å². The normalized spacial score (nSPS) is 29.3. The van der Waals surface area contributed by atoms with Gasteiger partial charge >= 0.3 is 0 Å². The van der Waals surface area contributed by atoms with Gasteiger partial charge in [-0.15, -0.1) is 0 Å². The molecule has 0 saturated heterocycles. The third-order valence-corrected chi connectivity index (χ3v) is 3.59. The minimum atomic E-state index is -0.308. The molecule has 0 aromatic carbocycles. The molecule has 0 bridgehead atoms. The van der Waals surface area contributed by atoms with Crippen LogP contribution in [-0.2, 0) is 4.74 Å². The molecule has 0 radical (unpaired) electrons. The number of rotatable bonds is 6. The van der Waals surface area contributed by atoms with Crippen LogP contribution in [0.5, 0.6) is 0 Å². The first-order valence-electron chi connectivity index (χ1n) is 6.95. The van der Waals surface area contributed by atoms with Crippen molar-refractivity contribution in [1.82, 2.24) is 5.32 Å². The summed E-state index contributed by atoms with van der Waals surface area (Å²) in [5.74, 6) is 0.855. The summed E-state index contributed by atoms with van der Waals surface area (Å²) in [6.07, 6.45) is 5.29. The Hall–Kier alpha value is -0.120. The SMILES string of the molecule is CC1CCC(OCC(C)(CO)NC(C)C)CC1. The van der Waals surface area contributed by atoms with Gasteiger partial charge in [0.2, 0.25) is 0 Å². The molecule has 0 amide bonds. The zero-order chi connectivity index (χ0) is 12.9. The van der Waals surface area contributed by atoms with E-state index in [1.807, 2.05) is 6.92 Å². The third-order valence-electron chi connectivity index (χ3n) is 3.59. The highest BCUT2D eigenvalue weighted by Gasteiger charge is 2.27. The molecule has 3 nitrogen and oxygen atoms in total. The van der Waals surface area contributed by atoms with Crippen LogP contribution >= 0.6 is 0 Å². The van der Waals surface area contributed by atoms with Gasteiger partial charge in [-0.2, -0.15) is 0 Å². The van der Waals surface area contributed by atoms with Crippen LogP contribution in [0.3, 0.4) is 0 Å². The van der Waals surface area contributed by atoms with E-state index in [1.165, 1.54) is 25.7 Å². The summed E-state index contributed by atoms with van der Waals surface area (Å²) >= 11 is 0. The summed E-state index contributed by atoms with van der Waals surface area (Å²) in [6, 6.07) is 0.363. The fourth-order valence-corrected chi connectivity index (χ4v) is 2.53. The standard InChI is InChI=1S/C14H29NO2/c1-11(2)15-14(4,9-16)10-17-13-7-5-12(3)6-8-13/h11-13,15-16H,5-10H2,1-4H3. The topological polar surface area (TPSA) is 41.5 Å². The molecule has 1 fully saturated rings. The highest BCUT2D eigenvalue weighted by Crippen LogP contribution is 2.26. The maximum absolute atomic E-state index is 9.46. The van der Waals surface area contributed by atoms with Gasteiger partial charge in [0.15, 0.2) is 0 Å². The van der Waals surface area contributed by atoms with Crippen molar-refractivity contribution in [2.45, 2.75) is 71.1 Å². The lowest BCUT2D eigenvalue weighted by atomic mass is 9.89. The Balaban J connectivity index is 2.32. The highest BCUT2D eigenvalue weighted by molar-refractivity contribution is 4.84. The molecule has 1 unspecified atom stereocenters. The molecule has 102 valence electrons.